The summed E-state index contributed by atoms with van der Waals surface area (Å²) >= 11 is 4.19. The zero-order valence-corrected chi connectivity index (χ0v) is 32.4. The summed E-state index contributed by atoms with van der Waals surface area (Å²) in [6.45, 7) is 37.6. The summed E-state index contributed by atoms with van der Waals surface area (Å²) in [7, 11) is 1.50. The predicted molar refractivity (Wildman–Crippen MR) is 211 cm³/mol. The molecule has 2 unspecified atom stereocenters. The molecule has 0 bridgehead atoms. The first kappa shape index (κ1) is 54.7. The molecule has 6 N–H and O–H groups in total. The van der Waals surface area contributed by atoms with E-state index in [9.17, 15) is 0 Å². The van der Waals surface area contributed by atoms with Gasteiger partial charge in [-0.3, -0.25) is 5.32 Å². The van der Waals surface area contributed by atoms with Gasteiger partial charge in [-0.25, -0.2) is 0 Å². The van der Waals surface area contributed by atoms with E-state index in [1.807, 2.05) is 26.0 Å². The summed E-state index contributed by atoms with van der Waals surface area (Å²) < 4.78 is 0. The van der Waals surface area contributed by atoms with Crippen molar-refractivity contribution in [3.63, 3.8) is 0 Å². The Labute approximate surface area is 283 Å². The molecule has 2 atom stereocenters. The number of nitrogens with two attached hydrogens (primary N) is 2. The van der Waals surface area contributed by atoms with Crippen molar-refractivity contribution in [1.82, 2.24) is 5.32 Å². The van der Waals surface area contributed by atoms with Crippen LogP contribution in [-0.4, -0.2) is 24.9 Å². The molecule has 0 aromatic rings. The van der Waals surface area contributed by atoms with Gasteiger partial charge < -0.3 is 16.6 Å². The largest absolute Gasteiger partial charge is 0.405 e. The number of rotatable bonds is 16. The van der Waals surface area contributed by atoms with E-state index in [2.05, 4.69) is 118 Å². The summed E-state index contributed by atoms with van der Waals surface area (Å²) in [6, 6.07) is -0.0579. The first-order chi connectivity index (χ1) is 20.8. The molecule has 262 valence electrons. The molecule has 0 aliphatic carbocycles. The number of hydrogen-bond donors (Lipinski definition) is 5. The average Bonchev–Trinajstić information content (AvgIpc) is 2.99. The molecule has 0 fully saturated rings. The maximum Gasteiger partial charge on any atom is 0.0938 e. The monoisotopic (exact) mass is 638 g/mol. The molecule has 0 aromatic heterocycles. The SMILES string of the molecule is C=C.C=C/C=C(S)\C=C\C(C)C.C=CC(=C(C)C)C(/C=C\N)NCO.CCCCC.CCCCC(C)(CC)CC(C)C.CN. The zero-order valence-electron chi connectivity index (χ0n) is 31.5. The Hall–Kier alpha value is -1.79. The van der Waals surface area contributed by atoms with Gasteiger partial charge in [-0.1, -0.05) is 144 Å². The number of aliphatic hydroxyl groups excluding tert-OH is 1. The first-order valence-electron chi connectivity index (χ1n) is 16.6. The van der Waals surface area contributed by atoms with Crippen molar-refractivity contribution in [1.29, 1.82) is 0 Å². The van der Waals surface area contributed by atoms with Gasteiger partial charge >= 0.3 is 0 Å². The van der Waals surface area contributed by atoms with E-state index in [-0.39, 0.29) is 12.8 Å². The van der Waals surface area contributed by atoms with E-state index in [4.69, 9.17) is 10.8 Å². The van der Waals surface area contributed by atoms with Crippen LogP contribution in [-0.2, 0) is 0 Å². The first-order valence-corrected chi connectivity index (χ1v) is 17.0. The second-order valence-corrected chi connectivity index (χ2v) is 12.1. The van der Waals surface area contributed by atoms with Gasteiger partial charge in [0.05, 0.1) is 12.8 Å². The molecule has 44 heavy (non-hydrogen) atoms. The fraction of sp³-hybridized carbons (Fsp3) is 0.641. The summed E-state index contributed by atoms with van der Waals surface area (Å²) in [5.74, 6) is 1.44. The number of hydrogen-bond acceptors (Lipinski definition) is 5. The standard InChI is InChI=1S/C12H26.C10H18N2O.C9H14S.C5H12.C2H4.CH5N/c1-6-8-9-12(5,7-2)10-11(3)4;1-4-9(8(2)3)10(5-6-11)12-7-13;1-4-5-9(10)7-6-8(2)3;1-3-5-4-2;2*1-2/h11H,6-10H2,1-5H3;4-6,10,12-13H,1,7,11H2,2-3H3;4-8,10H,1H2,2-3H3;3-5H2,1-2H3;1-2H2;2H2,1H3/b;6-5-;7-6+,9-5+;;;. The van der Waals surface area contributed by atoms with Crippen LogP contribution in [0.3, 0.4) is 0 Å². The van der Waals surface area contributed by atoms with Crippen LogP contribution in [0.15, 0.2) is 85.0 Å². The number of allylic oxidation sites excluding steroid dienone is 5. The number of unbranched alkanes of at least 4 members (excludes halogenated alkanes) is 3. The van der Waals surface area contributed by atoms with Gasteiger partial charge in [0.15, 0.2) is 0 Å². The minimum Gasteiger partial charge on any atom is -0.405 e. The third-order valence-electron chi connectivity index (χ3n) is 6.28. The number of thiol groups is 1. The molecule has 4 nitrogen and oxygen atoms in total. The van der Waals surface area contributed by atoms with Crippen LogP contribution in [0.2, 0.25) is 0 Å². The van der Waals surface area contributed by atoms with E-state index in [1.54, 1.807) is 18.2 Å². The lowest BCUT2D eigenvalue weighted by molar-refractivity contribution is 0.220. The summed E-state index contributed by atoms with van der Waals surface area (Å²) in [4.78, 5) is 0.948. The van der Waals surface area contributed by atoms with E-state index in [0.717, 1.165) is 22.0 Å². The number of nitrogens with one attached hydrogen (secondary N) is 1. The molecule has 0 aromatic carbocycles. The van der Waals surface area contributed by atoms with Gasteiger partial charge in [-0.15, -0.1) is 25.8 Å². The molecule has 0 saturated heterocycles. The smallest absolute Gasteiger partial charge is 0.0938 e. The van der Waals surface area contributed by atoms with Crippen LogP contribution < -0.4 is 16.8 Å². The van der Waals surface area contributed by atoms with Crippen molar-refractivity contribution in [3.8, 4) is 0 Å². The second kappa shape index (κ2) is 43.3. The van der Waals surface area contributed by atoms with Crippen LogP contribution in [0.1, 0.15) is 128 Å². The van der Waals surface area contributed by atoms with Gasteiger partial charge in [0.1, 0.15) is 0 Å². The minimum absolute atomic E-state index is 0.0579. The normalized spacial score (nSPS) is 12.4. The van der Waals surface area contributed by atoms with Gasteiger partial charge in [0.2, 0.25) is 0 Å². The maximum atomic E-state index is 8.75. The lowest BCUT2D eigenvalue weighted by atomic mass is 9.76. The van der Waals surface area contributed by atoms with Crippen molar-refractivity contribution in [3.05, 3.63) is 85.0 Å². The van der Waals surface area contributed by atoms with Crippen LogP contribution in [0.5, 0.6) is 0 Å². The van der Waals surface area contributed by atoms with Crippen LogP contribution in [0.4, 0.5) is 0 Å². The highest BCUT2D eigenvalue weighted by atomic mass is 32.1. The van der Waals surface area contributed by atoms with Crippen molar-refractivity contribution in [2.24, 2.45) is 28.7 Å². The van der Waals surface area contributed by atoms with Crippen molar-refractivity contribution in [2.45, 2.75) is 134 Å². The average molecular weight is 638 g/mol. The van der Waals surface area contributed by atoms with Crippen LogP contribution in [0, 0.1) is 17.3 Å². The molecule has 0 saturated carbocycles. The number of aliphatic hydroxyl groups is 1. The highest BCUT2D eigenvalue weighted by Crippen LogP contribution is 2.34. The van der Waals surface area contributed by atoms with Gasteiger partial charge in [0, 0.05) is 4.91 Å². The van der Waals surface area contributed by atoms with Gasteiger partial charge in [-0.2, -0.15) is 0 Å². The van der Waals surface area contributed by atoms with Crippen LogP contribution in [0.25, 0.3) is 0 Å². The molecule has 5 heteroatoms. The lowest BCUT2D eigenvalue weighted by Gasteiger charge is -2.30. The molecule has 0 radical (unpaired) electrons. The Bertz CT molecular complexity index is 717. The molecule has 0 amide bonds. The molecule has 0 rings (SSSR count). The highest BCUT2D eigenvalue weighted by molar-refractivity contribution is 7.84. The molecule has 0 spiro atoms. The molecule has 0 aliphatic heterocycles. The Morgan fingerprint density at radius 3 is 1.70 bits per heavy atom. The zero-order chi connectivity index (χ0) is 36.0. The Balaban J connectivity index is -0.000000109. The fourth-order valence-electron chi connectivity index (χ4n) is 3.97. The summed E-state index contributed by atoms with van der Waals surface area (Å²) in [5, 5.41) is 11.6. The lowest BCUT2D eigenvalue weighted by Crippen LogP contribution is -2.30. The fourth-order valence-corrected chi connectivity index (χ4v) is 4.16. The Morgan fingerprint density at radius 1 is 0.932 bits per heavy atom. The minimum atomic E-state index is -0.0837. The third kappa shape index (κ3) is 44.6. The molecular weight excluding hydrogens is 559 g/mol. The molecule has 0 aliphatic rings. The summed E-state index contributed by atoms with van der Waals surface area (Å²) in [6.07, 6.45) is 23.6. The van der Waals surface area contributed by atoms with E-state index in [1.165, 1.54) is 64.6 Å². The molecular formula is C39H79N3OS. The van der Waals surface area contributed by atoms with E-state index in [0.29, 0.717) is 11.3 Å². The van der Waals surface area contributed by atoms with Crippen molar-refractivity contribution < 1.29 is 5.11 Å². The van der Waals surface area contributed by atoms with Crippen molar-refractivity contribution >= 4 is 12.6 Å². The van der Waals surface area contributed by atoms with Gasteiger partial charge in [-0.05, 0) is 74.9 Å². The maximum absolute atomic E-state index is 8.75. The quantitative estimate of drug-likeness (QED) is 0.0504. The summed E-state index contributed by atoms with van der Waals surface area (Å²) in [5.41, 5.74) is 12.6. The topological polar surface area (TPSA) is 84.3 Å². The highest BCUT2D eigenvalue weighted by Gasteiger charge is 2.22. The second-order valence-electron chi connectivity index (χ2n) is 11.5. The van der Waals surface area contributed by atoms with Crippen LogP contribution >= 0.6 is 12.6 Å². The molecule has 0 heterocycles. The Kier molecular flexibility index (Phi) is 53.9. The Morgan fingerprint density at radius 2 is 1.43 bits per heavy atom. The van der Waals surface area contributed by atoms with Gasteiger partial charge in [0.25, 0.3) is 0 Å². The van der Waals surface area contributed by atoms with Crippen molar-refractivity contribution in [2.75, 3.05) is 13.8 Å². The van der Waals surface area contributed by atoms with E-state index >= 15 is 0 Å². The third-order valence-corrected chi connectivity index (χ3v) is 6.58. The van der Waals surface area contributed by atoms with E-state index < -0.39 is 0 Å². The predicted octanol–water partition coefficient (Wildman–Crippen LogP) is 11.3.